The maximum atomic E-state index is 12.9. The van der Waals surface area contributed by atoms with E-state index in [9.17, 15) is 4.79 Å². The Morgan fingerprint density at radius 2 is 2.22 bits per heavy atom. The molecule has 2 rings (SSSR count). The number of amides is 1. The lowest BCUT2D eigenvalue weighted by Gasteiger charge is -2.26. The highest BCUT2D eigenvalue weighted by Gasteiger charge is 2.32. The second-order valence-electron chi connectivity index (χ2n) is 6.74. The molecule has 0 radical (unpaired) electrons. The summed E-state index contributed by atoms with van der Waals surface area (Å²) in [5.74, 6) is 1.07. The van der Waals surface area contributed by atoms with Gasteiger partial charge < -0.3 is 15.1 Å². The average molecular weight is 340 g/mol. The normalized spacial score (nSPS) is 19.4. The molecule has 128 valence electrons. The van der Waals surface area contributed by atoms with Crippen molar-refractivity contribution < 1.29 is 4.79 Å². The van der Waals surface area contributed by atoms with E-state index >= 15 is 0 Å². The number of aromatic nitrogens is 2. The summed E-state index contributed by atoms with van der Waals surface area (Å²) in [6.45, 7) is 5.80. The number of carbonyl (C=O) groups excluding carboxylic acids is 1. The highest BCUT2D eigenvalue weighted by atomic mass is 35.5. The van der Waals surface area contributed by atoms with Gasteiger partial charge in [-0.3, -0.25) is 9.78 Å². The fourth-order valence-corrected chi connectivity index (χ4v) is 3.01. The molecule has 1 N–H and O–H groups in total. The van der Waals surface area contributed by atoms with Gasteiger partial charge in [0.15, 0.2) is 0 Å². The SMILES string of the molecule is CC(C)C[C@H](Nc1cncc(Cl)n1)C(=O)N1CC[C@@H](N(C)C)C1. The Morgan fingerprint density at radius 3 is 2.78 bits per heavy atom. The van der Waals surface area contributed by atoms with E-state index < -0.39 is 0 Å². The topological polar surface area (TPSA) is 61.4 Å². The maximum Gasteiger partial charge on any atom is 0.245 e. The summed E-state index contributed by atoms with van der Waals surface area (Å²) in [6.07, 6.45) is 4.84. The third-order valence-corrected chi connectivity index (χ3v) is 4.32. The quantitative estimate of drug-likeness (QED) is 0.860. The van der Waals surface area contributed by atoms with Crippen molar-refractivity contribution in [2.45, 2.75) is 38.8 Å². The Labute approximate surface area is 143 Å². The zero-order chi connectivity index (χ0) is 17.0. The minimum absolute atomic E-state index is 0.129. The smallest absolute Gasteiger partial charge is 0.245 e. The van der Waals surface area contributed by atoms with E-state index in [1.807, 2.05) is 4.90 Å². The molecule has 0 bridgehead atoms. The fourth-order valence-electron chi connectivity index (χ4n) is 2.87. The number of hydrogen-bond donors (Lipinski definition) is 1. The van der Waals surface area contributed by atoms with E-state index in [2.05, 4.69) is 48.1 Å². The van der Waals surface area contributed by atoms with Crippen LogP contribution in [-0.4, -0.2) is 64.9 Å². The largest absolute Gasteiger partial charge is 0.357 e. The molecular formula is C16H26ClN5O. The Hall–Kier alpha value is -1.40. The second kappa shape index (κ2) is 7.93. The average Bonchev–Trinajstić information content (AvgIpc) is 2.95. The van der Waals surface area contributed by atoms with Crippen molar-refractivity contribution in [3.05, 3.63) is 17.5 Å². The highest BCUT2D eigenvalue weighted by Crippen LogP contribution is 2.19. The molecule has 1 amide bonds. The van der Waals surface area contributed by atoms with Crippen LogP contribution in [0.25, 0.3) is 0 Å². The minimum atomic E-state index is -0.302. The number of rotatable bonds is 6. The van der Waals surface area contributed by atoms with E-state index in [0.717, 1.165) is 25.9 Å². The summed E-state index contributed by atoms with van der Waals surface area (Å²) in [5.41, 5.74) is 0. The van der Waals surface area contributed by atoms with Crippen LogP contribution >= 0.6 is 11.6 Å². The van der Waals surface area contributed by atoms with Crippen LogP contribution in [0, 0.1) is 5.92 Å². The first-order valence-corrected chi connectivity index (χ1v) is 8.44. The van der Waals surface area contributed by atoms with Gasteiger partial charge in [-0.15, -0.1) is 0 Å². The third kappa shape index (κ3) is 5.04. The van der Waals surface area contributed by atoms with Crippen molar-refractivity contribution in [1.82, 2.24) is 19.8 Å². The molecule has 7 heteroatoms. The molecule has 1 aromatic rings. The summed E-state index contributed by atoms with van der Waals surface area (Å²) in [6, 6.07) is 0.133. The molecule has 1 fully saturated rings. The number of likely N-dealkylation sites (N-methyl/N-ethyl adjacent to an activating group) is 1. The number of hydrogen-bond acceptors (Lipinski definition) is 5. The van der Waals surface area contributed by atoms with Crippen LogP contribution in [0.5, 0.6) is 0 Å². The second-order valence-corrected chi connectivity index (χ2v) is 7.13. The van der Waals surface area contributed by atoms with Gasteiger partial charge >= 0.3 is 0 Å². The van der Waals surface area contributed by atoms with Crippen molar-refractivity contribution in [2.75, 3.05) is 32.5 Å². The van der Waals surface area contributed by atoms with Gasteiger partial charge in [-0.2, -0.15) is 0 Å². The first-order chi connectivity index (χ1) is 10.9. The first-order valence-electron chi connectivity index (χ1n) is 8.06. The van der Waals surface area contributed by atoms with Crippen LogP contribution in [0.4, 0.5) is 5.82 Å². The number of nitrogens with one attached hydrogen (secondary N) is 1. The van der Waals surface area contributed by atoms with Crippen molar-refractivity contribution in [1.29, 1.82) is 0 Å². The number of likely N-dealkylation sites (tertiary alicyclic amines) is 1. The molecule has 1 aliphatic rings. The van der Waals surface area contributed by atoms with E-state index in [0.29, 0.717) is 22.9 Å². The molecule has 0 saturated carbocycles. The summed E-state index contributed by atoms with van der Waals surface area (Å²) in [5, 5.41) is 3.53. The predicted octanol–water partition coefficient (Wildman–Crippen LogP) is 2.12. The van der Waals surface area contributed by atoms with E-state index in [1.54, 1.807) is 6.20 Å². The molecule has 1 saturated heterocycles. The summed E-state index contributed by atoms with van der Waals surface area (Å²) >= 11 is 5.88. The molecular weight excluding hydrogens is 314 g/mol. The zero-order valence-electron chi connectivity index (χ0n) is 14.3. The van der Waals surface area contributed by atoms with Gasteiger partial charge in [0.25, 0.3) is 0 Å². The molecule has 2 atom stereocenters. The Bertz CT molecular complexity index is 537. The van der Waals surface area contributed by atoms with E-state index in [4.69, 9.17) is 11.6 Å². The molecule has 2 heterocycles. The van der Waals surface area contributed by atoms with Gasteiger partial charge in [-0.25, -0.2) is 4.98 Å². The standard InChI is InChI=1S/C16H26ClN5O/c1-11(2)7-13(19-15-9-18-8-14(17)20-15)16(23)22-6-5-12(10-22)21(3)4/h8-9,11-13H,5-7,10H2,1-4H3,(H,19,20)/t12-,13+/m1/s1. The lowest BCUT2D eigenvalue weighted by atomic mass is 10.0. The van der Waals surface area contributed by atoms with Crippen LogP contribution in [0.15, 0.2) is 12.4 Å². The van der Waals surface area contributed by atoms with Gasteiger partial charge in [0.05, 0.1) is 12.4 Å². The molecule has 23 heavy (non-hydrogen) atoms. The Kier molecular flexibility index (Phi) is 6.18. The Morgan fingerprint density at radius 1 is 1.48 bits per heavy atom. The van der Waals surface area contributed by atoms with Crippen molar-refractivity contribution in [3.8, 4) is 0 Å². The van der Waals surface area contributed by atoms with Gasteiger partial charge in [0, 0.05) is 19.1 Å². The minimum Gasteiger partial charge on any atom is -0.357 e. The molecule has 0 aliphatic carbocycles. The summed E-state index contributed by atoms with van der Waals surface area (Å²) < 4.78 is 0. The summed E-state index contributed by atoms with van der Waals surface area (Å²) in [7, 11) is 4.12. The number of carbonyl (C=O) groups is 1. The van der Waals surface area contributed by atoms with Crippen LogP contribution < -0.4 is 5.32 Å². The summed E-state index contributed by atoms with van der Waals surface area (Å²) in [4.78, 5) is 25.2. The van der Waals surface area contributed by atoms with Gasteiger partial charge in [-0.1, -0.05) is 25.4 Å². The fraction of sp³-hybridized carbons (Fsp3) is 0.688. The molecule has 0 unspecified atom stereocenters. The van der Waals surface area contributed by atoms with Gasteiger partial charge in [0.1, 0.15) is 17.0 Å². The Balaban J connectivity index is 2.07. The maximum absolute atomic E-state index is 12.9. The number of nitrogens with zero attached hydrogens (tertiary/aromatic N) is 4. The van der Waals surface area contributed by atoms with Crippen molar-refractivity contribution >= 4 is 23.3 Å². The number of halogens is 1. The molecule has 0 spiro atoms. The monoisotopic (exact) mass is 339 g/mol. The number of anilines is 1. The lowest BCUT2D eigenvalue weighted by Crippen LogP contribution is -2.44. The first kappa shape index (κ1) is 17.9. The van der Waals surface area contributed by atoms with Gasteiger partial charge in [-0.05, 0) is 32.9 Å². The molecule has 6 nitrogen and oxygen atoms in total. The van der Waals surface area contributed by atoms with Gasteiger partial charge in [0.2, 0.25) is 5.91 Å². The van der Waals surface area contributed by atoms with E-state index in [-0.39, 0.29) is 11.9 Å². The van der Waals surface area contributed by atoms with Crippen LogP contribution in [0.2, 0.25) is 5.15 Å². The van der Waals surface area contributed by atoms with Crippen LogP contribution in [0.3, 0.4) is 0 Å². The predicted molar refractivity (Wildman–Crippen MR) is 92.6 cm³/mol. The highest BCUT2D eigenvalue weighted by molar-refractivity contribution is 6.29. The zero-order valence-corrected chi connectivity index (χ0v) is 15.0. The molecule has 1 aliphatic heterocycles. The molecule has 0 aromatic carbocycles. The van der Waals surface area contributed by atoms with Crippen LogP contribution in [0.1, 0.15) is 26.7 Å². The van der Waals surface area contributed by atoms with Crippen molar-refractivity contribution in [3.63, 3.8) is 0 Å². The lowest BCUT2D eigenvalue weighted by molar-refractivity contribution is -0.131. The van der Waals surface area contributed by atoms with Crippen molar-refractivity contribution in [2.24, 2.45) is 5.92 Å². The van der Waals surface area contributed by atoms with E-state index in [1.165, 1.54) is 6.20 Å². The van der Waals surface area contributed by atoms with Crippen LogP contribution in [-0.2, 0) is 4.79 Å². The molecule has 1 aromatic heterocycles. The third-order valence-electron chi connectivity index (χ3n) is 4.14.